The maximum absolute atomic E-state index is 14.7. The molecule has 0 saturated carbocycles. The Morgan fingerprint density at radius 1 is 1.18 bits per heavy atom. The molecule has 246 valence electrons. The highest BCUT2D eigenvalue weighted by atomic mass is 32.2. The van der Waals surface area contributed by atoms with Gasteiger partial charge in [-0.25, -0.2) is 0 Å². The van der Waals surface area contributed by atoms with Crippen LogP contribution in [-0.2, 0) is 19.1 Å². The van der Waals surface area contributed by atoms with Gasteiger partial charge in [-0.2, -0.15) is 0 Å². The number of benzene rings is 1. The smallest absolute Gasteiger partial charge is 0.247 e. The topological polar surface area (TPSA) is 103 Å². The lowest BCUT2D eigenvalue weighted by Gasteiger charge is -2.42. The lowest BCUT2D eigenvalue weighted by molar-refractivity contribution is -0.145. The summed E-state index contributed by atoms with van der Waals surface area (Å²) in [5.41, 5.74) is 0.706. The third-order valence-electron chi connectivity index (χ3n) is 9.93. The van der Waals surface area contributed by atoms with Gasteiger partial charge in [-0.05, 0) is 50.5 Å². The second-order valence-corrected chi connectivity index (χ2v) is 14.1. The van der Waals surface area contributed by atoms with Gasteiger partial charge >= 0.3 is 0 Å². The number of morpholine rings is 1. The van der Waals surface area contributed by atoms with E-state index >= 15 is 0 Å². The Morgan fingerprint density at radius 2 is 1.87 bits per heavy atom. The van der Waals surface area contributed by atoms with Gasteiger partial charge in [0, 0.05) is 50.2 Å². The van der Waals surface area contributed by atoms with E-state index in [-0.39, 0.29) is 42.0 Å². The lowest BCUT2D eigenvalue weighted by Crippen LogP contribution is -2.59. The van der Waals surface area contributed by atoms with E-state index in [0.717, 1.165) is 19.5 Å². The van der Waals surface area contributed by atoms with Crippen LogP contribution in [0.5, 0.6) is 5.75 Å². The van der Waals surface area contributed by atoms with Crippen LogP contribution >= 0.6 is 11.8 Å². The summed E-state index contributed by atoms with van der Waals surface area (Å²) >= 11 is 1.65. The zero-order chi connectivity index (χ0) is 32.3. The minimum Gasteiger partial charge on any atom is -0.494 e. The molecule has 1 N–H and O–H groups in total. The number of aliphatic hydroxyl groups is 1. The van der Waals surface area contributed by atoms with E-state index in [4.69, 9.17) is 9.47 Å². The first-order valence-corrected chi connectivity index (χ1v) is 17.1. The number of likely N-dealkylation sites (tertiary alicyclic amines) is 1. The van der Waals surface area contributed by atoms with Crippen LogP contribution in [0.15, 0.2) is 49.6 Å². The van der Waals surface area contributed by atoms with Crippen molar-refractivity contribution in [3.63, 3.8) is 0 Å². The van der Waals surface area contributed by atoms with E-state index in [1.54, 1.807) is 45.5 Å². The van der Waals surface area contributed by atoms with Gasteiger partial charge in [-0.3, -0.25) is 19.3 Å². The summed E-state index contributed by atoms with van der Waals surface area (Å²) in [6, 6.07) is 6.03. The molecule has 5 rings (SSSR count). The molecule has 4 heterocycles. The normalized spacial score (nSPS) is 29.7. The number of aliphatic hydroxyl groups excluding tert-OH is 1. The summed E-state index contributed by atoms with van der Waals surface area (Å²) in [6.07, 6.45) is 4.15. The summed E-state index contributed by atoms with van der Waals surface area (Å²) < 4.78 is 10.3. The van der Waals surface area contributed by atoms with Gasteiger partial charge < -0.3 is 29.3 Å². The molecule has 0 radical (unpaired) electrons. The van der Waals surface area contributed by atoms with Gasteiger partial charge in [0.2, 0.25) is 17.7 Å². The second kappa shape index (κ2) is 14.3. The van der Waals surface area contributed by atoms with E-state index in [1.165, 1.54) is 0 Å². The van der Waals surface area contributed by atoms with Crippen LogP contribution in [0.3, 0.4) is 0 Å². The standard InChI is InChI=1S/C34H48N4O6S/c1-6-13-36(16-15-35-17-19-43-20-18-35)33(42)30-34-23(4)21-27(45-34)28(29(34)32(41)38(30)24(5)22-39)31(40)37(14-7-2)25-9-11-26(12-10-25)44-8-3/h6-7,9-12,23-24,27-30,39H,1-2,8,13-22H2,3-5H3/t23?,24-,27+,28-,29+,30?,34?/m1/s1. The largest absolute Gasteiger partial charge is 0.494 e. The average Bonchev–Trinajstić information content (AvgIpc) is 3.65. The first kappa shape index (κ1) is 33.5. The second-order valence-electron chi connectivity index (χ2n) is 12.5. The Hall–Kier alpha value is -2.86. The molecule has 1 aromatic rings. The number of anilines is 1. The number of fused-ring (bicyclic) bond motifs is 1. The first-order valence-electron chi connectivity index (χ1n) is 16.2. The number of nitrogens with zero attached hydrogens (tertiary/aromatic N) is 4. The zero-order valence-electron chi connectivity index (χ0n) is 26.8. The van der Waals surface area contributed by atoms with Gasteiger partial charge in [0.25, 0.3) is 0 Å². The Balaban J connectivity index is 1.49. The fraction of sp³-hybridized carbons (Fsp3) is 0.618. The number of thioether (sulfide) groups is 1. The quantitative estimate of drug-likeness (QED) is 0.310. The maximum Gasteiger partial charge on any atom is 0.247 e. The third-order valence-corrected chi connectivity index (χ3v) is 12.0. The summed E-state index contributed by atoms with van der Waals surface area (Å²) in [5.74, 6) is -1.02. The van der Waals surface area contributed by atoms with E-state index < -0.39 is 28.7 Å². The third kappa shape index (κ3) is 6.04. The fourth-order valence-electron chi connectivity index (χ4n) is 7.81. The minimum absolute atomic E-state index is 0.0264. The highest BCUT2D eigenvalue weighted by Crippen LogP contribution is 2.69. The van der Waals surface area contributed by atoms with Crippen molar-refractivity contribution in [3.05, 3.63) is 49.6 Å². The average molecular weight is 641 g/mol. The number of amides is 3. The molecule has 1 spiro atoms. The number of hydrogen-bond acceptors (Lipinski definition) is 8. The van der Waals surface area contributed by atoms with Crippen molar-refractivity contribution in [3.8, 4) is 5.75 Å². The Kier molecular flexibility index (Phi) is 10.6. The van der Waals surface area contributed by atoms with Crippen molar-refractivity contribution in [2.75, 3.05) is 70.6 Å². The molecule has 0 aromatic heterocycles. The molecular weight excluding hydrogens is 592 g/mol. The van der Waals surface area contributed by atoms with Gasteiger partial charge in [-0.1, -0.05) is 19.1 Å². The maximum atomic E-state index is 14.7. The molecule has 7 atom stereocenters. The number of carbonyl (C=O) groups excluding carboxylic acids is 3. The van der Waals surface area contributed by atoms with Gasteiger partial charge in [-0.15, -0.1) is 24.9 Å². The molecule has 1 aromatic carbocycles. The molecular formula is C34H48N4O6S. The first-order chi connectivity index (χ1) is 21.7. The lowest BCUT2D eigenvalue weighted by atomic mass is 9.65. The van der Waals surface area contributed by atoms with E-state index in [1.807, 2.05) is 31.2 Å². The van der Waals surface area contributed by atoms with Gasteiger partial charge in [0.15, 0.2) is 0 Å². The summed E-state index contributed by atoms with van der Waals surface area (Å²) in [4.78, 5) is 51.2. The summed E-state index contributed by atoms with van der Waals surface area (Å²) in [5, 5.41) is 10.2. The van der Waals surface area contributed by atoms with Gasteiger partial charge in [0.1, 0.15) is 11.8 Å². The molecule has 2 bridgehead atoms. The van der Waals surface area contributed by atoms with Crippen molar-refractivity contribution in [1.82, 2.24) is 14.7 Å². The molecule has 4 aliphatic heterocycles. The number of rotatable bonds is 14. The van der Waals surface area contributed by atoms with Crippen LogP contribution in [0.4, 0.5) is 5.69 Å². The van der Waals surface area contributed by atoms with E-state index in [0.29, 0.717) is 50.9 Å². The van der Waals surface area contributed by atoms with Crippen LogP contribution in [-0.4, -0.2) is 125 Å². The van der Waals surface area contributed by atoms with Crippen molar-refractivity contribution in [1.29, 1.82) is 0 Å². The molecule has 10 nitrogen and oxygen atoms in total. The minimum atomic E-state index is -0.789. The molecule has 45 heavy (non-hydrogen) atoms. The highest BCUT2D eigenvalue weighted by molar-refractivity contribution is 8.02. The van der Waals surface area contributed by atoms with Crippen LogP contribution in [0.1, 0.15) is 27.2 Å². The van der Waals surface area contributed by atoms with E-state index in [2.05, 4.69) is 25.0 Å². The molecule has 3 unspecified atom stereocenters. The predicted octanol–water partition coefficient (Wildman–Crippen LogP) is 2.67. The van der Waals surface area contributed by atoms with Crippen molar-refractivity contribution < 1.29 is 29.0 Å². The predicted molar refractivity (Wildman–Crippen MR) is 176 cm³/mol. The van der Waals surface area contributed by atoms with Crippen LogP contribution in [0.2, 0.25) is 0 Å². The number of hydrogen-bond donors (Lipinski definition) is 1. The van der Waals surface area contributed by atoms with Crippen molar-refractivity contribution in [2.45, 2.75) is 49.3 Å². The highest BCUT2D eigenvalue weighted by Gasteiger charge is 2.76. The monoisotopic (exact) mass is 640 g/mol. The summed E-state index contributed by atoms with van der Waals surface area (Å²) in [6.45, 7) is 18.7. The van der Waals surface area contributed by atoms with Crippen LogP contribution < -0.4 is 9.64 Å². The summed E-state index contributed by atoms with van der Waals surface area (Å²) in [7, 11) is 0. The molecule has 0 aliphatic carbocycles. The fourth-order valence-corrected chi connectivity index (χ4v) is 10.2. The molecule has 4 aliphatic rings. The molecule has 11 heteroatoms. The Bertz CT molecular complexity index is 1260. The Labute approximate surface area is 271 Å². The zero-order valence-corrected chi connectivity index (χ0v) is 27.6. The van der Waals surface area contributed by atoms with Crippen molar-refractivity contribution >= 4 is 35.2 Å². The Morgan fingerprint density at radius 3 is 2.49 bits per heavy atom. The van der Waals surface area contributed by atoms with Crippen LogP contribution in [0, 0.1) is 17.8 Å². The SMILES string of the molecule is C=CCN(CCN1CCOCC1)C(=O)C1N([C@H](C)CO)C(=O)[C@@H]2[C@H](C(=O)N(CC=C)c3ccc(OCC)cc3)[C@@H]3CC(C)C12S3. The van der Waals surface area contributed by atoms with Crippen molar-refractivity contribution in [2.24, 2.45) is 17.8 Å². The number of carbonyl (C=O) groups is 3. The molecule has 4 saturated heterocycles. The molecule has 4 fully saturated rings. The van der Waals surface area contributed by atoms with Gasteiger partial charge in [0.05, 0.1) is 49.1 Å². The van der Waals surface area contributed by atoms with E-state index in [9.17, 15) is 19.5 Å². The van der Waals surface area contributed by atoms with Crippen LogP contribution in [0.25, 0.3) is 0 Å². The molecule has 3 amide bonds. The number of ether oxygens (including phenoxy) is 2.